The van der Waals surface area contributed by atoms with Crippen molar-refractivity contribution < 1.29 is 0 Å². The first-order chi connectivity index (χ1) is 8.31. The van der Waals surface area contributed by atoms with E-state index in [0.29, 0.717) is 0 Å². The zero-order valence-corrected chi connectivity index (χ0v) is 12.1. The average molecular weight is 236 g/mol. The summed E-state index contributed by atoms with van der Waals surface area (Å²) in [6, 6.07) is 0. The Balaban J connectivity index is 2.26. The minimum absolute atomic E-state index is 1.01. The fourth-order valence-electron chi connectivity index (χ4n) is 3.54. The summed E-state index contributed by atoms with van der Waals surface area (Å²) in [6.07, 6.45) is 16.4. The number of unbranched alkanes of at least 4 members (excludes halogenated alkanes) is 1. The van der Waals surface area contributed by atoms with Gasteiger partial charge in [0.15, 0.2) is 0 Å². The Morgan fingerprint density at radius 3 is 2.41 bits per heavy atom. The maximum Gasteiger partial charge on any atom is -0.0351 e. The summed E-state index contributed by atoms with van der Waals surface area (Å²) >= 11 is 0. The third-order valence-corrected chi connectivity index (χ3v) is 4.79. The van der Waals surface area contributed by atoms with Crippen LogP contribution in [-0.4, -0.2) is 0 Å². The van der Waals surface area contributed by atoms with Gasteiger partial charge in [-0.25, -0.2) is 0 Å². The van der Waals surface area contributed by atoms with Crippen LogP contribution in [0.15, 0.2) is 12.7 Å². The lowest BCUT2D eigenvalue weighted by Gasteiger charge is -2.33. The van der Waals surface area contributed by atoms with Crippen LogP contribution in [0.2, 0.25) is 0 Å². The van der Waals surface area contributed by atoms with Crippen LogP contribution in [0.3, 0.4) is 0 Å². The van der Waals surface area contributed by atoms with E-state index in [9.17, 15) is 0 Å². The molecular formula is C17H32. The largest absolute Gasteiger partial charge is 0.103 e. The summed E-state index contributed by atoms with van der Waals surface area (Å²) in [5, 5.41) is 0. The van der Waals surface area contributed by atoms with Gasteiger partial charge < -0.3 is 0 Å². The molecule has 17 heavy (non-hydrogen) atoms. The van der Waals surface area contributed by atoms with Crippen molar-refractivity contribution in [2.24, 2.45) is 17.8 Å². The van der Waals surface area contributed by atoms with E-state index in [-0.39, 0.29) is 0 Å². The Labute approximate surface area is 109 Å². The molecular weight excluding hydrogens is 204 g/mol. The molecule has 0 amide bonds. The molecule has 0 heterocycles. The highest BCUT2D eigenvalue weighted by Gasteiger charge is 2.25. The summed E-state index contributed by atoms with van der Waals surface area (Å²) in [5.74, 6) is 3.08. The van der Waals surface area contributed by atoms with Crippen molar-refractivity contribution in [2.75, 3.05) is 0 Å². The molecule has 1 saturated carbocycles. The monoisotopic (exact) mass is 236 g/mol. The van der Waals surface area contributed by atoms with Gasteiger partial charge >= 0.3 is 0 Å². The molecule has 0 radical (unpaired) electrons. The van der Waals surface area contributed by atoms with Gasteiger partial charge in [0.05, 0.1) is 0 Å². The number of hydrogen-bond donors (Lipinski definition) is 0. The smallest absolute Gasteiger partial charge is 0.0351 e. The summed E-state index contributed by atoms with van der Waals surface area (Å²) in [5.41, 5.74) is 0. The van der Waals surface area contributed by atoms with E-state index in [1.807, 2.05) is 0 Å². The van der Waals surface area contributed by atoms with Crippen LogP contribution in [0.25, 0.3) is 0 Å². The van der Waals surface area contributed by atoms with Crippen molar-refractivity contribution in [3.63, 3.8) is 0 Å². The molecule has 0 aromatic heterocycles. The Hall–Kier alpha value is -0.260. The van der Waals surface area contributed by atoms with E-state index in [1.54, 1.807) is 0 Å². The first-order valence-electron chi connectivity index (χ1n) is 7.92. The first-order valence-corrected chi connectivity index (χ1v) is 7.92. The van der Waals surface area contributed by atoms with Crippen molar-refractivity contribution >= 4 is 0 Å². The van der Waals surface area contributed by atoms with Crippen LogP contribution in [0.4, 0.5) is 0 Å². The highest BCUT2D eigenvalue weighted by atomic mass is 14.3. The molecule has 0 aromatic carbocycles. The summed E-state index contributed by atoms with van der Waals surface area (Å²) in [6.45, 7) is 8.55. The quantitative estimate of drug-likeness (QED) is 0.455. The molecule has 100 valence electrons. The molecule has 1 fully saturated rings. The standard InChI is InChI=1S/C17H32/c1-4-7-9-15-11-13-17(14-12-15)16(6-3)10-8-5-2/h4,15-17H,1,5-14H2,2-3H3. The van der Waals surface area contributed by atoms with Crippen molar-refractivity contribution in [3.05, 3.63) is 12.7 Å². The number of rotatable bonds is 8. The van der Waals surface area contributed by atoms with E-state index >= 15 is 0 Å². The van der Waals surface area contributed by atoms with Gasteiger partial charge in [0.1, 0.15) is 0 Å². The lowest BCUT2D eigenvalue weighted by atomic mass is 9.72. The lowest BCUT2D eigenvalue weighted by Crippen LogP contribution is -2.21. The summed E-state index contributed by atoms with van der Waals surface area (Å²) in [4.78, 5) is 0. The van der Waals surface area contributed by atoms with Gasteiger partial charge in [-0.2, -0.15) is 0 Å². The maximum atomic E-state index is 3.84. The predicted octanol–water partition coefficient (Wildman–Crippen LogP) is 5.98. The number of allylic oxidation sites excluding steroid dienone is 1. The van der Waals surface area contributed by atoms with Crippen molar-refractivity contribution in [1.82, 2.24) is 0 Å². The van der Waals surface area contributed by atoms with Crippen LogP contribution in [0, 0.1) is 17.8 Å². The van der Waals surface area contributed by atoms with Crippen LogP contribution < -0.4 is 0 Å². The first kappa shape index (κ1) is 14.8. The van der Waals surface area contributed by atoms with E-state index in [1.165, 1.54) is 64.2 Å². The van der Waals surface area contributed by atoms with Crippen molar-refractivity contribution in [1.29, 1.82) is 0 Å². The fraction of sp³-hybridized carbons (Fsp3) is 0.882. The van der Waals surface area contributed by atoms with E-state index in [2.05, 4.69) is 26.5 Å². The third kappa shape index (κ3) is 5.27. The molecule has 0 saturated heterocycles. The summed E-state index contributed by atoms with van der Waals surface area (Å²) in [7, 11) is 0. The normalized spacial score (nSPS) is 26.7. The predicted molar refractivity (Wildman–Crippen MR) is 78.2 cm³/mol. The van der Waals surface area contributed by atoms with Crippen LogP contribution in [0.5, 0.6) is 0 Å². The van der Waals surface area contributed by atoms with Crippen molar-refractivity contribution in [3.8, 4) is 0 Å². The Kier molecular flexibility index (Phi) is 7.64. The van der Waals surface area contributed by atoms with Gasteiger partial charge in [-0.1, -0.05) is 58.4 Å². The average Bonchev–Trinajstić information content (AvgIpc) is 2.38. The molecule has 1 unspecified atom stereocenters. The highest BCUT2D eigenvalue weighted by Crippen LogP contribution is 2.38. The molecule has 1 rings (SSSR count). The minimum Gasteiger partial charge on any atom is -0.103 e. The Bertz CT molecular complexity index is 186. The van der Waals surface area contributed by atoms with Gasteiger partial charge in [-0.15, -0.1) is 6.58 Å². The second-order valence-corrected chi connectivity index (χ2v) is 5.96. The zero-order valence-electron chi connectivity index (χ0n) is 12.1. The van der Waals surface area contributed by atoms with Crippen molar-refractivity contribution in [2.45, 2.75) is 78.1 Å². The van der Waals surface area contributed by atoms with E-state index in [4.69, 9.17) is 0 Å². The molecule has 0 spiro atoms. The lowest BCUT2D eigenvalue weighted by molar-refractivity contribution is 0.184. The molecule has 1 atom stereocenters. The zero-order chi connectivity index (χ0) is 12.5. The van der Waals surface area contributed by atoms with E-state index in [0.717, 1.165) is 17.8 Å². The van der Waals surface area contributed by atoms with Crippen LogP contribution >= 0.6 is 0 Å². The van der Waals surface area contributed by atoms with Gasteiger partial charge in [0.25, 0.3) is 0 Å². The Morgan fingerprint density at radius 2 is 1.88 bits per heavy atom. The van der Waals surface area contributed by atoms with Gasteiger partial charge in [-0.3, -0.25) is 0 Å². The van der Waals surface area contributed by atoms with Gasteiger partial charge in [0.2, 0.25) is 0 Å². The molecule has 0 heteroatoms. The third-order valence-electron chi connectivity index (χ3n) is 4.79. The molecule has 0 aromatic rings. The second kappa shape index (κ2) is 8.78. The molecule has 0 N–H and O–H groups in total. The minimum atomic E-state index is 1.01. The summed E-state index contributed by atoms with van der Waals surface area (Å²) < 4.78 is 0. The SMILES string of the molecule is C=CCCC1CCC(C(CC)CCCC)CC1. The highest BCUT2D eigenvalue weighted by molar-refractivity contribution is 4.79. The Morgan fingerprint density at radius 1 is 1.18 bits per heavy atom. The van der Waals surface area contributed by atoms with Crippen LogP contribution in [0.1, 0.15) is 78.1 Å². The van der Waals surface area contributed by atoms with E-state index < -0.39 is 0 Å². The molecule has 0 aliphatic heterocycles. The van der Waals surface area contributed by atoms with Gasteiger partial charge in [0, 0.05) is 0 Å². The molecule has 1 aliphatic carbocycles. The fourth-order valence-corrected chi connectivity index (χ4v) is 3.54. The molecule has 0 bridgehead atoms. The van der Waals surface area contributed by atoms with Crippen LogP contribution in [-0.2, 0) is 0 Å². The van der Waals surface area contributed by atoms with Gasteiger partial charge in [-0.05, 0) is 43.4 Å². The molecule has 0 nitrogen and oxygen atoms in total. The number of hydrogen-bond acceptors (Lipinski definition) is 0. The maximum absolute atomic E-state index is 3.84. The second-order valence-electron chi connectivity index (χ2n) is 5.96. The topological polar surface area (TPSA) is 0 Å². The molecule has 1 aliphatic rings.